The Morgan fingerprint density at radius 1 is 0.857 bits per heavy atom. The second-order valence-electron chi connectivity index (χ2n) is 5.60. The van der Waals surface area contributed by atoms with E-state index in [-0.39, 0.29) is 11.8 Å². The molecule has 8 nitrogen and oxygen atoms in total. The second kappa shape index (κ2) is 7.41. The van der Waals surface area contributed by atoms with Crippen molar-refractivity contribution in [2.24, 2.45) is 0 Å². The molecule has 0 aliphatic heterocycles. The largest absolute Gasteiger partial charge is 0.412 e. The molecule has 28 heavy (non-hydrogen) atoms. The summed E-state index contributed by atoms with van der Waals surface area (Å²) in [5.41, 5.74) is 1.61. The highest BCUT2D eigenvalue weighted by Gasteiger charge is 2.17. The van der Waals surface area contributed by atoms with E-state index >= 15 is 0 Å². The van der Waals surface area contributed by atoms with Crippen molar-refractivity contribution in [1.82, 2.24) is 25.6 Å². The van der Waals surface area contributed by atoms with Gasteiger partial charge in [0.25, 0.3) is 5.22 Å². The molecule has 0 spiro atoms. The Labute approximate surface area is 166 Å². The first-order chi connectivity index (χ1) is 13.8. The van der Waals surface area contributed by atoms with Crippen molar-refractivity contribution in [2.45, 2.75) is 11.0 Å². The summed E-state index contributed by atoms with van der Waals surface area (Å²) in [5, 5.41) is 22.4. The molecule has 0 bridgehead atoms. The lowest BCUT2D eigenvalue weighted by molar-refractivity contribution is 0.426. The molecule has 0 saturated heterocycles. The van der Waals surface area contributed by atoms with Crippen molar-refractivity contribution >= 4 is 23.1 Å². The van der Waals surface area contributed by atoms with Crippen LogP contribution in [0.5, 0.6) is 0 Å². The summed E-state index contributed by atoms with van der Waals surface area (Å²) in [4.78, 5) is 1.04. The van der Waals surface area contributed by atoms with Gasteiger partial charge in [0, 0.05) is 17.4 Å². The van der Waals surface area contributed by atoms with Gasteiger partial charge in [-0.05, 0) is 23.6 Å². The summed E-state index contributed by atoms with van der Waals surface area (Å²) in [6.07, 6.45) is 0. The van der Waals surface area contributed by atoms with Crippen LogP contribution < -0.4 is 0 Å². The Bertz CT molecular complexity index is 1180. The Morgan fingerprint density at radius 3 is 2.54 bits per heavy atom. The summed E-state index contributed by atoms with van der Waals surface area (Å²) >= 11 is 2.95. The van der Waals surface area contributed by atoms with Crippen LogP contribution >= 0.6 is 23.1 Å². The SMILES string of the molecule is c1ccc(-c2nnc(-c3nnc(SCc4cc(-c5cccs5)on4)o3)o2)cc1. The predicted molar refractivity (Wildman–Crippen MR) is 102 cm³/mol. The quantitative estimate of drug-likeness (QED) is 0.366. The fourth-order valence-corrected chi connectivity index (χ4v) is 3.73. The third-order valence-corrected chi connectivity index (χ3v) is 5.44. The topological polar surface area (TPSA) is 104 Å². The van der Waals surface area contributed by atoms with Crippen LogP contribution in [0.4, 0.5) is 0 Å². The highest BCUT2D eigenvalue weighted by atomic mass is 32.2. The molecular formula is C18H11N5O3S2. The van der Waals surface area contributed by atoms with E-state index in [9.17, 15) is 0 Å². The van der Waals surface area contributed by atoms with E-state index < -0.39 is 0 Å². The van der Waals surface area contributed by atoms with Crippen molar-refractivity contribution < 1.29 is 13.4 Å². The lowest BCUT2D eigenvalue weighted by atomic mass is 10.2. The van der Waals surface area contributed by atoms with Gasteiger partial charge in [-0.1, -0.05) is 41.2 Å². The van der Waals surface area contributed by atoms with E-state index in [4.69, 9.17) is 13.4 Å². The summed E-state index contributed by atoms with van der Waals surface area (Å²) < 4.78 is 16.6. The number of nitrogens with zero attached hydrogens (tertiary/aromatic N) is 5. The number of hydrogen-bond donors (Lipinski definition) is 0. The van der Waals surface area contributed by atoms with Crippen LogP contribution in [0, 0.1) is 0 Å². The number of thiophene rings is 1. The molecule has 1 aromatic carbocycles. The van der Waals surface area contributed by atoms with Crippen LogP contribution in [0.15, 0.2) is 72.5 Å². The van der Waals surface area contributed by atoms with Gasteiger partial charge >= 0.3 is 11.8 Å². The summed E-state index contributed by atoms with van der Waals surface area (Å²) in [7, 11) is 0. The molecule has 0 saturated carbocycles. The molecule has 138 valence electrons. The fourth-order valence-electron chi connectivity index (χ4n) is 2.41. The zero-order chi connectivity index (χ0) is 18.8. The van der Waals surface area contributed by atoms with Gasteiger partial charge < -0.3 is 13.4 Å². The first-order valence-electron chi connectivity index (χ1n) is 8.20. The van der Waals surface area contributed by atoms with Crippen LogP contribution in [-0.4, -0.2) is 25.6 Å². The van der Waals surface area contributed by atoms with Crippen LogP contribution in [-0.2, 0) is 5.75 Å². The molecule has 0 radical (unpaired) electrons. The van der Waals surface area contributed by atoms with E-state index in [0.717, 1.165) is 21.9 Å². The van der Waals surface area contributed by atoms with Crippen molar-refractivity contribution in [3.63, 3.8) is 0 Å². The first kappa shape index (κ1) is 16.9. The Balaban J connectivity index is 1.26. The minimum atomic E-state index is 0.177. The molecule has 0 aliphatic rings. The van der Waals surface area contributed by atoms with E-state index in [1.54, 1.807) is 11.3 Å². The van der Waals surface area contributed by atoms with E-state index in [1.807, 2.05) is 53.9 Å². The minimum Gasteiger partial charge on any atom is -0.412 e. The van der Waals surface area contributed by atoms with Crippen molar-refractivity contribution in [3.8, 4) is 33.9 Å². The van der Waals surface area contributed by atoms with E-state index in [1.165, 1.54) is 11.8 Å². The molecule has 0 fully saturated rings. The van der Waals surface area contributed by atoms with E-state index in [2.05, 4.69) is 25.6 Å². The van der Waals surface area contributed by atoms with Gasteiger partial charge in [-0.25, -0.2) is 0 Å². The maximum atomic E-state index is 5.62. The summed E-state index contributed by atoms with van der Waals surface area (Å²) in [6, 6.07) is 15.3. The lowest BCUT2D eigenvalue weighted by Gasteiger charge is -1.91. The number of thioether (sulfide) groups is 1. The standard InChI is InChI=1S/C18H11N5O3S2/c1-2-5-11(6-3-1)15-19-20-16(24-15)17-21-22-18(25-17)28-10-12-9-13(26-23-12)14-7-4-8-27-14/h1-9H,10H2. The van der Waals surface area contributed by atoms with Crippen molar-refractivity contribution in [3.05, 3.63) is 59.6 Å². The normalized spacial score (nSPS) is 11.1. The Morgan fingerprint density at radius 2 is 1.68 bits per heavy atom. The van der Waals surface area contributed by atoms with Gasteiger partial charge in [0.1, 0.15) is 0 Å². The van der Waals surface area contributed by atoms with Crippen LogP contribution in [0.3, 0.4) is 0 Å². The smallest absolute Gasteiger partial charge is 0.306 e. The third kappa shape index (κ3) is 3.47. The maximum absolute atomic E-state index is 5.62. The number of benzene rings is 1. The molecule has 4 aromatic heterocycles. The third-order valence-electron chi connectivity index (χ3n) is 3.70. The van der Waals surface area contributed by atoms with Gasteiger partial charge in [0.15, 0.2) is 5.76 Å². The predicted octanol–water partition coefficient (Wildman–Crippen LogP) is 4.80. The number of hydrogen-bond acceptors (Lipinski definition) is 10. The van der Waals surface area contributed by atoms with E-state index in [0.29, 0.717) is 16.9 Å². The highest BCUT2D eigenvalue weighted by Crippen LogP contribution is 2.29. The molecule has 0 aliphatic carbocycles. The molecule has 0 atom stereocenters. The molecule has 5 rings (SSSR count). The van der Waals surface area contributed by atoms with Gasteiger partial charge in [-0.2, -0.15) is 0 Å². The second-order valence-corrected chi connectivity index (χ2v) is 7.47. The molecule has 0 unspecified atom stereocenters. The number of aromatic nitrogens is 5. The van der Waals surface area contributed by atoms with Crippen LogP contribution in [0.1, 0.15) is 5.69 Å². The number of rotatable bonds is 6. The molecule has 4 heterocycles. The molecular weight excluding hydrogens is 398 g/mol. The summed E-state index contributed by atoms with van der Waals surface area (Å²) in [6.45, 7) is 0. The van der Waals surface area contributed by atoms with Crippen molar-refractivity contribution in [1.29, 1.82) is 0 Å². The molecule has 0 amide bonds. The maximum Gasteiger partial charge on any atom is 0.306 e. The van der Waals surface area contributed by atoms with Crippen LogP contribution in [0.2, 0.25) is 0 Å². The lowest BCUT2D eigenvalue weighted by Crippen LogP contribution is -1.79. The Hall–Kier alpha value is -3.24. The minimum absolute atomic E-state index is 0.177. The molecule has 5 aromatic rings. The van der Waals surface area contributed by atoms with Crippen molar-refractivity contribution in [2.75, 3.05) is 0 Å². The summed E-state index contributed by atoms with van der Waals surface area (Å²) in [5.74, 6) is 2.04. The van der Waals surface area contributed by atoms with Crippen LogP contribution in [0.25, 0.3) is 33.9 Å². The van der Waals surface area contributed by atoms with Gasteiger partial charge in [0.05, 0.1) is 10.6 Å². The zero-order valence-corrected chi connectivity index (χ0v) is 15.8. The Kier molecular flexibility index (Phi) is 4.47. The average molecular weight is 409 g/mol. The zero-order valence-electron chi connectivity index (χ0n) is 14.2. The molecule has 0 N–H and O–H groups in total. The highest BCUT2D eigenvalue weighted by molar-refractivity contribution is 7.98. The first-order valence-corrected chi connectivity index (χ1v) is 10.1. The monoisotopic (exact) mass is 409 g/mol. The fraction of sp³-hybridized carbons (Fsp3) is 0.0556. The molecule has 10 heteroatoms. The van der Waals surface area contributed by atoms with Gasteiger partial charge in [0.2, 0.25) is 5.89 Å². The van der Waals surface area contributed by atoms with Gasteiger partial charge in [-0.15, -0.1) is 31.7 Å². The average Bonchev–Trinajstić information content (AvgIpc) is 3.54. The van der Waals surface area contributed by atoms with Gasteiger partial charge in [-0.3, -0.25) is 0 Å².